The molecule has 0 radical (unpaired) electrons. The molecule has 0 spiro atoms. The molecule has 1 aliphatic rings. The van der Waals surface area contributed by atoms with Gasteiger partial charge in [-0.05, 0) is 18.6 Å². The molecule has 1 aromatic heterocycles. The van der Waals surface area contributed by atoms with Crippen LogP contribution in [0.3, 0.4) is 0 Å². The van der Waals surface area contributed by atoms with E-state index >= 15 is 0 Å². The van der Waals surface area contributed by atoms with Gasteiger partial charge < -0.3 is 14.2 Å². The fraction of sp³-hybridized carbons (Fsp3) is 0.333. The van der Waals surface area contributed by atoms with E-state index in [1.165, 1.54) is 0 Å². The minimum Gasteiger partial charge on any atom is -0.379 e. The van der Waals surface area contributed by atoms with Crippen molar-refractivity contribution in [3.8, 4) is 0 Å². The van der Waals surface area contributed by atoms with E-state index in [-0.39, 0.29) is 12.0 Å². The maximum atomic E-state index is 12.6. The second-order valence-electron chi connectivity index (χ2n) is 4.93. The Morgan fingerprint density at radius 3 is 2.95 bits per heavy atom. The zero-order valence-electron chi connectivity index (χ0n) is 11.5. The van der Waals surface area contributed by atoms with E-state index in [0.717, 1.165) is 17.7 Å². The molecule has 1 aromatic carbocycles. The largest absolute Gasteiger partial charge is 0.379 e. The van der Waals surface area contributed by atoms with Crippen LogP contribution in [0.1, 0.15) is 21.8 Å². The van der Waals surface area contributed by atoms with E-state index in [2.05, 4.69) is 5.16 Å². The molecule has 0 aliphatic carbocycles. The smallest absolute Gasteiger partial charge is 0.280 e. The lowest BCUT2D eigenvalue weighted by atomic mass is 9.99. The van der Waals surface area contributed by atoms with Crippen LogP contribution in [0.15, 0.2) is 34.9 Å². The maximum Gasteiger partial charge on any atom is 0.280 e. The number of benzene rings is 1. The number of carbonyl (C=O) groups excluding carboxylic acids is 1. The van der Waals surface area contributed by atoms with Crippen molar-refractivity contribution >= 4 is 11.6 Å². The minimum atomic E-state index is -0.156. The molecule has 1 atom stereocenters. The Hall–Kier alpha value is -2.14. The first-order chi connectivity index (χ1) is 9.69. The number of methoxy groups -OCH3 is 1. The topological polar surface area (TPSA) is 55.6 Å². The summed E-state index contributed by atoms with van der Waals surface area (Å²) in [5.41, 5.74) is 2.36. The predicted octanol–water partition coefficient (Wildman–Crippen LogP) is 2.20. The van der Waals surface area contributed by atoms with Gasteiger partial charge in [0.15, 0.2) is 5.69 Å². The minimum absolute atomic E-state index is 0.00171. The summed E-state index contributed by atoms with van der Waals surface area (Å²) >= 11 is 0. The van der Waals surface area contributed by atoms with Gasteiger partial charge in [-0.25, -0.2) is 0 Å². The van der Waals surface area contributed by atoms with Crippen LogP contribution in [0.4, 0.5) is 5.69 Å². The molecule has 0 unspecified atom stereocenters. The molecular weight excluding hydrogens is 256 g/mol. The van der Waals surface area contributed by atoms with Crippen molar-refractivity contribution in [2.24, 2.45) is 0 Å². The number of nitrogens with zero attached hydrogens (tertiary/aromatic N) is 2. The van der Waals surface area contributed by atoms with E-state index in [0.29, 0.717) is 18.0 Å². The lowest BCUT2D eigenvalue weighted by molar-refractivity contribution is 0.0864. The third kappa shape index (κ3) is 2.20. The highest BCUT2D eigenvalue weighted by Crippen LogP contribution is 2.29. The van der Waals surface area contributed by atoms with Gasteiger partial charge in [-0.15, -0.1) is 0 Å². The van der Waals surface area contributed by atoms with E-state index in [1.54, 1.807) is 25.0 Å². The Morgan fingerprint density at radius 1 is 1.45 bits per heavy atom. The lowest BCUT2D eigenvalue weighted by Gasteiger charge is -2.33. The Labute approximate surface area is 117 Å². The zero-order chi connectivity index (χ0) is 14.1. The molecule has 0 saturated carbocycles. The third-order valence-corrected chi connectivity index (χ3v) is 3.54. The van der Waals surface area contributed by atoms with E-state index in [9.17, 15) is 4.79 Å². The first-order valence-corrected chi connectivity index (χ1v) is 6.55. The lowest BCUT2D eigenvalue weighted by Crippen LogP contribution is -2.43. The number of amides is 1. The molecule has 2 heterocycles. The number of aryl methyl sites for hydroxylation is 1. The monoisotopic (exact) mass is 272 g/mol. The number of carbonyl (C=O) groups is 1. The molecule has 3 rings (SSSR count). The van der Waals surface area contributed by atoms with Gasteiger partial charge in [0, 0.05) is 25.3 Å². The average Bonchev–Trinajstić information content (AvgIpc) is 2.92. The predicted molar refractivity (Wildman–Crippen MR) is 73.9 cm³/mol. The SMILES string of the molecule is CO[C@H]1Cc2ccccc2N(C(=O)c2cc(C)on2)C1. The Balaban J connectivity index is 1.98. The average molecular weight is 272 g/mol. The number of hydrogen-bond acceptors (Lipinski definition) is 4. The van der Waals surface area contributed by atoms with Crippen molar-refractivity contribution in [2.45, 2.75) is 19.4 Å². The summed E-state index contributed by atoms with van der Waals surface area (Å²) < 4.78 is 10.4. The molecule has 20 heavy (non-hydrogen) atoms. The molecular formula is C15H16N2O3. The molecule has 5 heteroatoms. The Kier molecular flexibility index (Phi) is 3.28. The van der Waals surface area contributed by atoms with Gasteiger partial charge in [-0.2, -0.15) is 0 Å². The number of aromatic nitrogens is 1. The second-order valence-corrected chi connectivity index (χ2v) is 4.93. The van der Waals surface area contributed by atoms with Crippen molar-refractivity contribution < 1.29 is 14.1 Å². The number of anilines is 1. The van der Waals surface area contributed by atoms with Crippen LogP contribution in [0.25, 0.3) is 0 Å². The normalized spacial score (nSPS) is 17.9. The summed E-state index contributed by atoms with van der Waals surface area (Å²) in [6.45, 7) is 2.30. The second kappa shape index (κ2) is 5.09. The molecule has 0 fully saturated rings. The van der Waals surface area contributed by atoms with Crippen LogP contribution >= 0.6 is 0 Å². The molecule has 104 valence electrons. The highest BCUT2D eigenvalue weighted by atomic mass is 16.5. The Morgan fingerprint density at radius 2 is 2.25 bits per heavy atom. The fourth-order valence-corrected chi connectivity index (χ4v) is 2.51. The van der Waals surface area contributed by atoms with Crippen LogP contribution in [0.5, 0.6) is 0 Å². The van der Waals surface area contributed by atoms with E-state index in [1.807, 2.05) is 24.3 Å². The van der Waals surface area contributed by atoms with Crippen molar-refractivity contribution in [2.75, 3.05) is 18.6 Å². The summed E-state index contributed by atoms with van der Waals surface area (Å²) in [5.74, 6) is 0.470. The fourth-order valence-electron chi connectivity index (χ4n) is 2.51. The van der Waals surface area contributed by atoms with Crippen molar-refractivity contribution in [3.05, 3.63) is 47.3 Å². The van der Waals surface area contributed by atoms with Crippen LogP contribution in [-0.2, 0) is 11.2 Å². The van der Waals surface area contributed by atoms with Crippen molar-refractivity contribution in [1.29, 1.82) is 0 Å². The van der Waals surface area contributed by atoms with Gasteiger partial charge in [0.1, 0.15) is 5.76 Å². The van der Waals surface area contributed by atoms with Gasteiger partial charge in [0.05, 0.1) is 12.6 Å². The van der Waals surface area contributed by atoms with Crippen LogP contribution in [0.2, 0.25) is 0 Å². The number of ether oxygens (including phenoxy) is 1. The summed E-state index contributed by atoms with van der Waals surface area (Å²) in [6.07, 6.45) is 0.815. The summed E-state index contributed by atoms with van der Waals surface area (Å²) in [7, 11) is 1.67. The van der Waals surface area contributed by atoms with E-state index < -0.39 is 0 Å². The highest BCUT2D eigenvalue weighted by Gasteiger charge is 2.30. The molecule has 1 aliphatic heterocycles. The van der Waals surface area contributed by atoms with Gasteiger partial charge >= 0.3 is 0 Å². The summed E-state index contributed by atoms with van der Waals surface area (Å²) in [4.78, 5) is 14.3. The number of rotatable bonds is 2. The first-order valence-electron chi connectivity index (χ1n) is 6.55. The summed E-state index contributed by atoms with van der Waals surface area (Å²) in [6, 6.07) is 9.53. The first kappa shape index (κ1) is 12.9. The van der Waals surface area contributed by atoms with Crippen LogP contribution < -0.4 is 4.90 Å². The molecule has 2 aromatic rings. The standard InChI is InChI=1S/C15H16N2O3/c1-10-7-13(16-20-10)15(18)17-9-12(19-2)8-11-5-3-4-6-14(11)17/h3-7,12H,8-9H2,1-2H3/t12-/m0/s1. The van der Waals surface area contributed by atoms with Gasteiger partial charge in [-0.1, -0.05) is 23.4 Å². The van der Waals surface area contributed by atoms with Gasteiger partial charge in [-0.3, -0.25) is 4.79 Å². The number of para-hydroxylation sites is 1. The number of fused-ring (bicyclic) bond motifs is 1. The van der Waals surface area contributed by atoms with Crippen LogP contribution in [-0.4, -0.2) is 30.8 Å². The molecule has 0 saturated heterocycles. The number of hydrogen-bond donors (Lipinski definition) is 0. The van der Waals surface area contributed by atoms with Gasteiger partial charge in [0.2, 0.25) is 0 Å². The van der Waals surface area contributed by atoms with Crippen molar-refractivity contribution in [1.82, 2.24) is 5.16 Å². The molecule has 5 nitrogen and oxygen atoms in total. The Bertz CT molecular complexity index is 636. The summed E-state index contributed by atoms with van der Waals surface area (Å²) in [5, 5.41) is 3.81. The third-order valence-electron chi connectivity index (χ3n) is 3.54. The van der Waals surface area contributed by atoms with Crippen LogP contribution in [0, 0.1) is 6.92 Å². The maximum absolute atomic E-state index is 12.6. The molecule has 1 amide bonds. The quantitative estimate of drug-likeness (QED) is 0.841. The van der Waals surface area contributed by atoms with E-state index in [4.69, 9.17) is 9.26 Å². The van der Waals surface area contributed by atoms with Crippen molar-refractivity contribution in [3.63, 3.8) is 0 Å². The zero-order valence-corrected chi connectivity index (χ0v) is 11.5. The molecule has 0 bridgehead atoms. The van der Waals surface area contributed by atoms with Gasteiger partial charge in [0.25, 0.3) is 5.91 Å². The highest BCUT2D eigenvalue weighted by molar-refractivity contribution is 6.05. The molecule has 0 N–H and O–H groups in total.